The van der Waals surface area contributed by atoms with E-state index < -0.39 is 40.0 Å². The number of hydrogen-bond donors (Lipinski definition) is 0. The molecule has 13 heteroatoms. The number of halogens is 6. The van der Waals surface area contributed by atoms with Crippen molar-refractivity contribution in [3.05, 3.63) is 0 Å². The molecule has 0 aromatic carbocycles. The largest absolute Gasteiger partial charge is 0.628 e. The van der Waals surface area contributed by atoms with E-state index in [1.165, 1.54) is 0 Å². The summed E-state index contributed by atoms with van der Waals surface area (Å²) in [6, 6.07) is 0. The smallest absolute Gasteiger partial charge is 0.304 e. The molecule has 2 atom stereocenters. The molecule has 0 heterocycles. The van der Waals surface area contributed by atoms with Crippen molar-refractivity contribution in [2.75, 3.05) is 7.11 Å². The van der Waals surface area contributed by atoms with E-state index in [1.54, 1.807) is 0 Å². The van der Waals surface area contributed by atoms with Gasteiger partial charge in [0.15, 0.2) is 0 Å². The first-order valence-electron chi connectivity index (χ1n) is 3.17. The quantitative estimate of drug-likeness (QED) is 0.562. The highest BCUT2D eigenvalue weighted by Gasteiger charge is 2.56. The molecule has 96 valence electrons. The van der Waals surface area contributed by atoms with Crippen LogP contribution < -0.4 is 0 Å². The van der Waals surface area contributed by atoms with Crippen molar-refractivity contribution in [2.24, 2.45) is 0 Å². The van der Waals surface area contributed by atoms with Gasteiger partial charge in [-0.05, 0) is 0 Å². The van der Waals surface area contributed by atoms with Gasteiger partial charge in [0, 0.05) is 0 Å². The Labute approximate surface area is 90.8 Å². The van der Waals surface area contributed by atoms with E-state index in [2.05, 4.69) is 8.28 Å². The van der Waals surface area contributed by atoms with Gasteiger partial charge in [-0.1, -0.05) is 0 Å². The molecule has 0 aromatic heterocycles. The van der Waals surface area contributed by atoms with Gasteiger partial charge < -0.3 is 4.10 Å². The van der Waals surface area contributed by atoms with Gasteiger partial charge >= 0.3 is 17.9 Å². The summed E-state index contributed by atoms with van der Waals surface area (Å²) in [6.45, 7) is 0. The third kappa shape index (κ3) is 4.03. The summed E-state index contributed by atoms with van der Waals surface area (Å²) in [7, 11) is -3.65. The third-order valence-corrected chi connectivity index (χ3v) is 3.21. The van der Waals surface area contributed by atoms with Crippen molar-refractivity contribution in [1.82, 2.24) is 0 Å². The predicted molar refractivity (Wildman–Crippen MR) is 42.2 cm³/mol. The Morgan fingerprint density at radius 2 is 1.50 bits per heavy atom. The SMILES string of the molecule is COS(=O)C(F)(F)S(=O)OB(F)C(F)(F)F. The average Bonchev–Trinajstić information content (AvgIpc) is 2.14. The fourth-order valence-corrected chi connectivity index (χ4v) is 1.67. The molecule has 2 unspecified atom stereocenters. The topological polar surface area (TPSA) is 52.6 Å². The minimum atomic E-state index is -5.61. The second-order valence-corrected chi connectivity index (χ2v) is 4.80. The minimum Gasteiger partial charge on any atom is -0.304 e. The maximum Gasteiger partial charge on any atom is 0.628 e. The standard InChI is InChI=1S/C3H3BF6O4S2/c1-13-15(11)3(8,9)16(12)14-4(10)2(5,6)7/h1H3. The van der Waals surface area contributed by atoms with E-state index >= 15 is 0 Å². The normalized spacial score (nSPS) is 16.9. The lowest BCUT2D eigenvalue weighted by Gasteiger charge is -2.14. The summed E-state index contributed by atoms with van der Waals surface area (Å²) < 4.78 is 94.1. The van der Waals surface area contributed by atoms with Crippen LogP contribution in [0, 0.1) is 0 Å². The van der Waals surface area contributed by atoms with E-state index in [-0.39, 0.29) is 0 Å². The molecule has 4 nitrogen and oxygen atoms in total. The Kier molecular flexibility index (Phi) is 5.42. The van der Waals surface area contributed by atoms with E-state index in [1.807, 2.05) is 0 Å². The predicted octanol–water partition coefficient (Wildman–Crippen LogP) is 1.09. The second kappa shape index (κ2) is 5.47. The Bertz CT molecular complexity index is 294. The van der Waals surface area contributed by atoms with Gasteiger partial charge in [0.1, 0.15) is 0 Å². The molecule has 0 aromatic rings. The first-order valence-corrected chi connectivity index (χ1v) is 5.32. The lowest BCUT2D eigenvalue weighted by atomic mass is 9.96. The molecule has 0 N–H and O–H groups in total. The van der Waals surface area contributed by atoms with Crippen LogP contribution in [0.5, 0.6) is 0 Å². The molecule has 0 aliphatic carbocycles. The maximum atomic E-state index is 12.6. The van der Waals surface area contributed by atoms with Crippen LogP contribution in [0.25, 0.3) is 0 Å². The molecule has 0 amide bonds. The van der Waals surface area contributed by atoms with Crippen LogP contribution in [0.1, 0.15) is 0 Å². The lowest BCUT2D eigenvalue weighted by molar-refractivity contribution is -0.0682. The molecular formula is C3H3BF6O4S2. The zero-order valence-electron chi connectivity index (χ0n) is 7.29. The molecule has 0 bridgehead atoms. The van der Waals surface area contributed by atoms with Crippen LogP contribution >= 0.6 is 0 Å². The molecule has 16 heavy (non-hydrogen) atoms. The summed E-state index contributed by atoms with van der Waals surface area (Å²) in [5, 5.41) is 0. The fraction of sp³-hybridized carbons (Fsp3) is 1.00. The molecule has 0 fully saturated rings. The highest BCUT2D eigenvalue weighted by Crippen LogP contribution is 2.28. The zero-order chi connectivity index (χ0) is 13.1. The van der Waals surface area contributed by atoms with Crippen molar-refractivity contribution in [3.63, 3.8) is 0 Å². The molecule has 0 saturated carbocycles. The minimum absolute atomic E-state index is 0.526. The van der Waals surface area contributed by atoms with Crippen LogP contribution in [-0.4, -0.2) is 33.4 Å². The van der Waals surface area contributed by atoms with Crippen molar-refractivity contribution in [2.45, 2.75) is 10.7 Å². The van der Waals surface area contributed by atoms with Gasteiger partial charge in [0.25, 0.3) is 0 Å². The van der Waals surface area contributed by atoms with Gasteiger partial charge in [-0.3, -0.25) is 8.50 Å². The number of hydrogen-bond acceptors (Lipinski definition) is 4. The summed E-state index contributed by atoms with van der Waals surface area (Å²) in [5.74, 6) is 0. The maximum absolute atomic E-state index is 12.6. The van der Waals surface area contributed by atoms with Crippen molar-refractivity contribution in [3.8, 4) is 0 Å². The number of alkyl halides is 5. The molecule has 0 spiro atoms. The van der Waals surface area contributed by atoms with Gasteiger partial charge in [-0.2, -0.15) is 22.0 Å². The molecule has 0 rings (SSSR count). The highest BCUT2D eigenvalue weighted by molar-refractivity contribution is 7.99. The monoisotopic (exact) mass is 292 g/mol. The number of rotatable bonds is 5. The summed E-state index contributed by atoms with van der Waals surface area (Å²) in [4.78, 5) is 0. The molecule has 0 radical (unpaired) electrons. The van der Waals surface area contributed by atoms with E-state index in [4.69, 9.17) is 0 Å². The van der Waals surface area contributed by atoms with Crippen LogP contribution in [0.15, 0.2) is 0 Å². The zero-order valence-corrected chi connectivity index (χ0v) is 8.93. The summed E-state index contributed by atoms with van der Waals surface area (Å²) in [6.07, 6.45) is -5.61. The average molecular weight is 292 g/mol. The molecule has 0 aliphatic heterocycles. The van der Waals surface area contributed by atoms with Crippen molar-refractivity contribution in [1.29, 1.82) is 0 Å². The Morgan fingerprint density at radius 3 is 1.81 bits per heavy atom. The Morgan fingerprint density at radius 1 is 1.06 bits per heavy atom. The van der Waals surface area contributed by atoms with Crippen LogP contribution in [0.2, 0.25) is 0 Å². The van der Waals surface area contributed by atoms with E-state index in [0.717, 1.165) is 0 Å². The molecule has 0 saturated heterocycles. The van der Waals surface area contributed by atoms with Gasteiger partial charge in [-0.25, -0.2) is 8.42 Å². The van der Waals surface area contributed by atoms with E-state index in [0.29, 0.717) is 7.11 Å². The fourth-order valence-electron chi connectivity index (χ4n) is 0.340. The van der Waals surface area contributed by atoms with E-state index in [9.17, 15) is 34.7 Å². The highest BCUT2D eigenvalue weighted by atomic mass is 32.3. The van der Waals surface area contributed by atoms with Crippen molar-refractivity contribution >= 4 is 29.4 Å². The summed E-state index contributed by atoms with van der Waals surface area (Å²) >= 11 is -7.59. The molecular weight excluding hydrogens is 289 g/mol. The van der Waals surface area contributed by atoms with Crippen LogP contribution in [-0.2, 0) is 30.4 Å². The molecule has 0 aliphatic rings. The van der Waals surface area contributed by atoms with Gasteiger partial charge in [0.05, 0.1) is 7.11 Å². The van der Waals surface area contributed by atoms with Crippen molar-refractivity contribution < 1.29 is 43.0 Å². The summed E-state index contributed by atoms with van der Waals surface area (Å²) in [5.41, 5.74) is 0. The van der Waals surface area contributed by atoms with Gasteiger partial charge in [-0.15, -0.1) is 0 Å². The van der Waals surface area contributed by atoms with Crippen LogP contribution in [0.4, 0.5) is 26.3 Å². The first-order chi connectivity index (χ1) is 7.03. The second-order valence-electron chi connectivity index (χ2n) is 2.05. The Hall–Kier alpha value is -0.135. The first kappa shape index (κ1) is 15.9. The third-order valence-electron chi connectivity index (χ3n) is 0.969. The van der Waals surface area contributed by atoms with Gasteiger partial charge in [0.2, 0.25) is 22.2 Å². The Balaban J connectivity index is 4.65. The lowest BCUT2D eigenvalue weighted by Crippen LogP contribution is -2.39. The van der Waals surface area contributed by atoms with Crippen LogP contribution in [0.3, 0.4) is 0 Å².